The molecule has 0 aliphatic carbocycles. The molecule has 4 nitrogen and oxygen atoms in total. The summed E-state index contributed by atoms with van der Waals surface area (Å²) >= 11 is 0. The highest BCUT2D eigenvalue weighted by Gasteiger charge is 2.38. The molecule has 0 unspecified atom stereocenters. The van der Waals surface area contributed by atoms with Crippen molar-refractivity contribution in [2.45, 2.75) is 84.3 Å². The Morgan fingerprint density at radius 3 is 2.54 bits per heavy atom. The maximum absolute atomic E-state index is 12.5. The van der Waals surface area contributed by atoms with Crippen molar-refractivity contribution < 1.29 is 4.79 Å². The number of hydrogen-bond acceptors (Lipinski definition) is 3. The fourth-order valence-corrected chi connectivity index (χ4v) is 4.35. The van der Waals surface area contributed by atoms with E-state index in [4.69, 9.17) is 0 Å². The van der Waals surface area contributed by atoms with Gasteiger partial charge in [-0.2, -0.15) is 0 Å². The maximum atomic E-state index is 12.5. The molecule has 1 saturated heterocycles. The highest BCUT2D eigenvalue weighted by Crippen LogP contribution is 2.34. The van der Waals surface area contributed by atoms with Crippen LogP contribution >= 0.6 is 0 Å². The zero-order chi connectivity index (χ0) is 18.0. The van der Waals surface area contributed by atoms with Crippen LogP contribution in [0.3, 0.4) is 0 Å². The third kappa shape index (κ3) is 5.59. The molecule has 2 heterocycles. The first kappa shape index (κ1) is 18.9. The molecule has 1 amide bonds. The third-order valence-corrected chi connectivity index (χ3v) is 4.77. The summed E-state index contributed by atoms with van der Waals surface area (Å²) in [5.41, 5.74) is 2.42. The van der Waals surface area contributed by atoms with Crippen LogP contribution in [0.25, 0.3) is 0 Å². The van der Waals surface area contributed by atoms with E-state index in [-0.39, 0.29) is 23.0 Å². The van der Waals surface area contributed by atoms with Crippen molar-refractivity contribution in [3.63, 3.8) is 0 Å². The maximum Gasteiger partial charge on any atom is 0.220 e. The second-order valence-corrected chi connectivity index (χ2v) is 8.81. The third-order valence-electron chi connectivity index (χ3n) is 4.77. The monoisotopic (exact) mass is 331 g/mol. The molecule has 1 aromatic heterocycles. The van der Waals surface area contributed by atoms with Gasteiger partial charge < -0.3 is 10.6 Å². The molecule has 0 saturated carbocycles. The standard InChI is InChI=1S/C20H33N3O/c1-14-8-7-9-21-17(14)10-15(2)22-18(24)11-16-12-19(3,4)23-20(5,6)13-16/h7-9,15-16,23H,10-13H2,1-6H3,(H,22,24)/t15-/m1/s1. The van der Waals surface area contributed by atoms with Crippen LogP contribution in [0.1, 0.15) is 65.1 Å². The summed E-state index contributed by atoms with van der Waals surface area (Å²) in [6.45, 7) is 13.0. The topological polar surface area (TPSA) is 54.0 Å². The van der Waals surface area contributed by atoms with Crippen molar-refractivity contribution in [2.75, 3.05) is 0 Å². The molecule has 1 atom stereocenters. The minimum atomic E-state index is 0.0867. The van der Waals surface area contributed by atoms with Gasteiger partial charge in [-0.3, -0.25) is 9.78 Å². The van der Waals surface area contributed by atoms with E-state index in [0.717, 1.165) is 25.0 Å². The van der Waals surface area contributed by atoms with Crippen LogP contribution in [0.2, 0.25) is 0 Å². The van der Waals surface area contributed by atoms with Gasteiger partial charge in [0.15, 0.2) is 0 Å². The van der Waals surface area contributed by atoms with E-state index in [1.807, 2.05) is 12.3 Å². The van der Waals surface area contributed by atoms with Crippen LogP contribution in [0.5, 0.6) is 0 Å². The lowest BCUT2D eigenvalue weighted by Gasteiger charge is -2.46. The first-order valence-electron chi connectivity index (χ1n) is 9.05. The summed E-state index contributed by atoms with van der Waals surface area (Å²) in [6, 6.07) is 4.12. The van der Waals surface area contributed by atoms with Crippen LogP contribution < -0.4 is 10.6 Å². The Morgan fingerprint density at radius 1 is 1.33 bits per heavy atom. The Hall–Kier alpha value is -1.42. The molecule has 4 heteroatoms. The first-order chi connectivity index (χ1) is 11.1. The van der Waals surface area contributed by atoms with E-state index in [9.17, 15) is 4.79 Å². The minimum Gasteiger partial charge on any atom is -0.353 e. The number of aromatic nitrogens is 1. The van der Waals surface area contributed by atoms with E-state index in [2.05, 4.69) is 63.2 Å². The van der Waals surface area contributed by atoms with E-state index in [0.29, 0.717) is 12.3 Å². The summed E-state index contributed by atoms with van der Waals surface area (Å²) in [4.78, 5) is 16.9. The fourth-order valence-electron chi connectivity index (χ4n) is 4.35. The second-order valence-electron chi connectivity index (χ2n) is 8.81. The van der Waals surface area contributed by atoms with E-state index in [1.165, 1.54) is 5.56 Å². The Bertz CT molecular complexity index is 564. The number of aryl methyl sites for hydroxylation is 1. The SMILES string of the molecule is Cc1cccnc1C[C@@H](C)NC(=O)CC1CC(C)(C)NC(C)(C)C1. The van der Waals surface area contributed by atoms with E-state index < -0.39 is 0 Å². The Balaban J connectivity index is 1.87. The van der Waals surface area contributed by atoms with Gasteiger partial charge in [0.05, 0.1) is 0 Å². The lowest BCUT2D eigenvalue weighted by atomic mass is 9.74. The largest absolute Gasteiger partial charge is 0.353 e. The van der Waals surface area contributed by atoms with E-state index >= 15 is 0 Å². The molecule has 0 spiro atoms. The van der Waals surface area contributed by atoms with Gasteiger partial charge in [0.1, 0.15) is 0 Å². The molecule has 0 bridgehead atoms. The summed E-state index contributed by atoms with van der Waals surface area (Å²) in [5, 5.41) is 6.83. The number of piperidine rings is 1. The molecule has 24 heavy (non-hydrogen) atoms. The Morgan fingerprint density at radius 2 is 1.96 bits per heavy atom. The van der Waals surface area contributed by atoms with Gasteiger partial charge in [-0.15, -0.1) is 0 Å². The first-order valence-corrected chi connectivity index (χ1v) is 9.05. The van der Waals surface area contributed by atoms with Gasteiger partial charge >= 0.3 is 0 Å². The van der Waals surface area contributed by atoms with E-state index in [1.54, 1.807) is 0 Å². The lowest BCUT2D eigenvalue weighted by Crippen LogP contribution is -2.58. The van der Waals surface area contributed by atoms with Crippen LogP contribution in [0.4, 0.5) is 0 Å². The van der Waals surface area contributed by atoms with Crippen molar-refractivity contribution in [3.05, 3.63) is 29.6 Å². The molecule has 1 fully saturated rings. The lowest BCUT2D eigenvalue weighted by molar-refractivity contribution is -0.123. The smallest absolute Gasteiger partial charge is 0.220 e. The number of nitrogens with zero attached hydrogens (tertiary/aromatic N) is 1. The van der Waals surface area contributed by atoms with Crippen LogP contribution in [-0.4, -0.2) is 28.0 Å². The molecule has 0 radical (unpaired) electrons. The van der Waals surface area contributed by atoms with Gasteiger partial charge in [0.25, 0.3) is 0 Å². The average Bonchev–Trinajstić information content (AvgIpc) is 2.37. The fraction of sp³-hybridized carbons (Fsp3) is 0.700. The Labute approximate surface area is 146 Å². The zero-order valence-electron chi connectivity index (χ0n) is 16.1. The summed E-state index contributed by atoms with van der Waals surface area (Å²) in [7, 11) is 0. The molecular formula is C20H33N3O. The quantitative estimate of drug-likeness (QED) is 0.869. The van der Waals surface area contributed by atoms with Crippen molar-refractivity contribution in [3.8, 4) is 0 Å². The van der Waals surface area contributed by atoms with Gasteiger partial charge in [0, 0.05) is 41.9 Å². The van der Waals surface area contributed by atoms with Crippen LogP contribution in [-0.2, 0) is 11.2 Å². The Kier molecular flexibility index (Phi) is 5.69. The number of rotatable bonds is 5. The molecule has 2 rings (SSSR count). The number of carbonyl (C=O) groups excluding carboxylic acids is 1. The number of hydrogen-bond donors (Lipinski definition) is 2. The normalized spacial score (nSPS) is 21.2. The van der Waals surface area contributed by atoms with Crippen molar-refractivity contribution >= 4 is 5.91 Å². The highest BCUT2D eigenvalue weighted by atomic mass is 16.1. The predicted molar refractivity (Wildman–Crippen MR) is 98.9 cm³/mol. The predicted octanol–water partition coefficient (Wildman–Crippen LogP) is 3.38. The molecule has 1 aliphatic rings. The number of carbonyl (C=O) groups is 1. The molecule has 134 valence electrons. The molecule has 2 N–H and O–H groups in total. The highest BCUT2D eigenvalue weighted by molar-refractivity contribution is 5.76. The van der Waals surface area contributed by atoms with Crippen LogP contribution in [0, 0.1) is 12.8 Å². The summed E-state index contributed by atoms with van der Waals surface area (Å²) < 4.78 is 0. The molecular weight excluding hydrogens is 298 g/mol. The van der Waals surface area contributed by atoms with Crippen molar-refractivity contribution in [2.24, 2.45) is 5.92 Å². The van der Waals surface area contributed by atoms with Gasteiger partial charge in [-0.1, -0.05) is 6.07 Å². The van der Waals surface area contributed by atoms with Crippen LogP contribution in [0.15, 0.2) is 18.3 Å². The number of pyridine rings is 1. The zero-order valence-corrected chi connectivity index (χ0v) is 16.1. The number of nitrogens with one attached hydrogen (secondary N) is 2. The molecule has 1 aliphatic heterocycles. The average molecular weight is 332 g/mol. The van der Waals surface area contributed by atoms with Gasteiger partial charge in [-0.25, -0.2) is 0 Å². The second kappa shape index (κ2) is 7.22. The van der Waals surface area contributed by atoms with Gasteiger partial charge in [-0.05, 0) is 71.9 Å². The molecule has 1 aromatic rings. The summed E-state index contributed by atoms with van der Waals surface area (Å²) in [5.74, 6) is 0.592. The minimum absolute atomic E-state index is 0.0867. The molecule has 0 aromatic carbocycles. The van der Waals surface area contributed by atoms with Gasteiger partial charge in [0.2, 0.25) is 5.91 Å². The summed E-state index contributed by atoms with van der Waals surface area (Å²) in [6.07, 6.45) is 5.28. The van der Waals surface area contributed by atoms with Crippen molar-refractivity contribution in [1.82, 2.24) is 15.6 Å². The number of amides is 1. The van der Waals surface area contributed by atoms with Crippen molar-refractivity contribution in [1.29, 1.82) is 0 Å².